The van der Waals surface area contributed by atoms with Gasteiger partial charge in [0.15, 0.2) is 0 Å². The molecular weight excluding hydrogens is 305 g/mol. The molecule has 0 saturated heterocycles. The number of amides is 1. The molecule has 5 heteroatoms. The van der Waals surface area contributed by atoms with Gasteiger partial charge in [0.05, 0.1) is 11.4 Å². The molecule has 0 radical (unpaired) electrons. The number of para-hydroxylation sites is 1. The number of benzodiazepines with no additional fused rings is 1. The Morgan fingerprint density at radius 2 is 1.75 bits per heavy atom. The maximum Gasteiger partial charge on any atom is 0.249 e. The number of rotatable bonds is 5. The van der Waals surface area contributed by atoms with Crippen molar-refractivity contribution in [2.75, 3.05) is 11.9 Å². The Balaban J connectivity index is 2.07. The van der Waals surface area contributed by atoms with Crippen molar-refractivity contribution in [3.63, 3.8) is 0 Å². The van der Waals surface area contributed by atoms with E-state index in [4.69, 9.17) is 5.73 Å². The van der Waals surface area contributed by atoms with Crippen molar-refractivity contribution in [1.29, 1.82) is 0 Å². The summed E-state index contributed by atoms with van der Waals surface area (Å²) in [5.41, 5.74) is 7.84. The van der Waals surface area contributed by atoms with E-state index in [0.717, 1.165) is 18.4 Å². The standard InChI is InChI=1S/C19H20FN3O/c20-15-9-3-1-7-13(15)18-14-8-2-4-10-16(14)23-19(24)17(22-18)11-5-6-12-21/h1-4,7-10,17H,5-6,11-12,21H2,(H,23,24)/t17-/m1/s1. The number of halogens is 1. The van der Waals surface area contributed by atoms with Crippen LogP contribution in [-0.2, 0) is 4.79 Å². The monoisotopic (exact) mass is 325 g/mol. The van der Waals surface area contributed by atoms with Gasteiger partial charge in [0.1, 0.15) is 11.9 Å². The molecule has 0 saturated carbocycles. The summed E-state index contributed by atoms with van der Waals surface area (Å²) in [4.78, 5) is 17.1. The zero-order valence-electron chi connectivity index (χ0n) is 13.3. The highest BCUT2D eigenvalue weighted by molar-refractivity contribution is 6.19. The summed E-state index contributed by atoms with van der Waals surface area (Å²) in [6.45, 7) is 0.582. The smallest absolute Gasteiger partial charge is 0.249 e. The third-order valence-corrected chi connectivity index (χ3v) is 4.09. The van der Waals surface area contributed by atoms with Crippen LogP contribution in [0.1, 0.15) is 30.4 Å². The van der Waals surface area contributed by atoms with E-state index < -0.39 is 6.04 Å². The average Bonchev–Trinajstić information content (AvgIpc) is 2.72. The second kappa shape index (κ2) is 7.36. The number of benzene rings is 2. The normalized spacial score (nSPS) is 16.8. The van der Waals surface area contributed by atoms with Gasteiger partial charge >= 0.3 is 0 Å². The fraction of sp³-hybridized carbons (Fsp3) is 0.263. The molecule has 24 heavy (non-hydrogen) atoms. The van der Waals surface area contributed by atoms with Gasteiger partial charge < -0.3 is 11.1 Å². The summed E-state index contributed by atoms with van der Waals surface area (Å²) in [5.74, 6) is -0.507. The fourth-order valence-corrected chi connectivity index (χ4v) is 2.84. The summed E-state index contributed by atoms with van der Waals surface area (Å²) in [5, 5.41) is 2.91. The minimum Gasteiger partial charge on any atom is -0.330 e. The van der Waals surface area contributed by atoms with Crippen LogP contribution < -0.4 is 11.1 Å². The van der Waals surface area contributed by atoms with Crippen LogP contribution >= 0.6 is 0 Å². The SMILES string of the molecule is NCCCC[C@H]1N=C(c2ccccc2F)c2ccccc2NC1=O. The quantitative estimate of drug-likeness (QED) is 0.830. The van der Waals surface area contributed by atoms with E-state index >= 15 is 0 Å². The Morgan fingerprint density at radius 3 is 2.50 bits per heavy atom. The third kappa shape index (κ3) is 3.36. The lowest BCUT2D eigenvalue weighted by Crippen LogP contribution is -2.25. The predicted molar refractivity (Wildman–Crippen MR) is 93.8 cm³/mol. The van der Waals surface area contributed by atoms with E-state index in [-0.39, 0.29) is 11.7 Å². The largest absolute Gasteiger partial charge is 0.330 e. The summed E-state index contributed by atoms with van der Waals surface area (Å²) in [7, 11) is 0. The van der Waals surface area contributed by atoms with Crippen LogP contribution in [0.15, 0.2) is 53.5 Å². The third-order valence-electron chi connectivity index (χ3n) is 4.09. The first kappa shape index (κ1) is 16.3. The number of anilines is 1. The van der Waals surface area contributed by atoms with E-state index in [1.165, 1.54) is 6.07 Å². The van der Waals surface area contributed by atoms with E-state index in [1.54, 1.807) is 18.2 Å². The molecule has 4 nitrogen and oxygen atoms in total. The van der Waals surface area contributed by atoms with Gasteiger partial charge in [0.25, 0.3) is 0 Å². The van der Waals surface area contributed by atoms with Crippen molar-refractivity contribution in [2.24, 2.45) is 10.7 Å². The topological polar surface area (TPSA) is 67.5 Å². The average molecular weight is 325 g/mol. The van der Waals surface area contributed by atoms with Gasteiger partial charge in [-0.15, -0.1) is 0 Å². The minimum absolute atomic E-state index is 0.161. The molecule has 0 unspecified atom stereocenters. The molecular formula is C19H20FN3O. The summed E-state index contributed by atoms with van der Waals surface area (Å²) in [6, 6.07) is 13.3. The van der Waals surface area contributed by atoms with Crippen LogP contribution in [0.5, 0.6) is 0 Å². The van der Waals surface area contributed by atoms with Gasteiger partial charge in [-0.1, -0.05) is 30.3 Å². The highest BCUT2D eigenvalue weighted by Crippen LogP contribution is 2.26. The molecule has 0 aromatic heterocycles. The fourth-order valence-electron chi connectivity index (χ4n) is 2.84. The Labute approximate surface area is 140 Å². The van der Waals surface area contributed by atoms with Crippen molar-refractivity contribution in [3.05, 3.63) is 65.5 Å². The zero-order chi connectivity index (χ0) is 16.9. The Kier molecular flexibility index (Phi) is 5.01. The van der Waals surface area contributed by atoms with Gasteiger partial charge in [-0.2, -0.15) is 0 Å². The van der Waals surface area contributed by atoms with Crippen molar-refractivity contribution in [3.8, 4) is 0 Å². The molecule has 1 amide bonds. The Hall–Kier alpha value is -2.53. The highest BCUT2D eigenvalue weighted by Gasteiger charge is 2.26. The summed E-state index contributed by atoms with van der Waals surface area (Å²) in [6.07, 6.45) is 2.23. The van der Waals surface area contributed by atoms with E-state index in [9.17, 15) is 9.18 Å². The van der Waals surface area contributed by atoms with Crippen LogP contribution in [0.25, 0.3) is 0 Å². The number of carbonyl (C=O) groups is 1. The lowest BCUT2D eigenvalue weighted by molar-refractivity contribution is -0.117. The Morgan fingerprint density at radius 1 is 1.04 bits per heavy atom. The first-order valence-electron chi connectivity index (χ1n) is 8.13. The molecule has 0 aliphatic carbocycles. The number of nitrogens with zero attached hydrogens (tertiary/aromatic N) is 1. The highest BCUT2D eigenvalue weighted by atomic mass is 19.1. The number of hydrogen-bond acceptors (Lipinski definition) is 3. The first-order valence-corrected chi connectivity index (χ1v) is 8.13. The number of fused-ring (bicyclic) bond motifs is 1. The first-order chi connectivity index (χ1) is 11.7. The van der Waals surface area contributed by atoms with Crippen LogP contribution in [0, 0.1) is 5.82 Å². The van der Waals surface area contributed by atoms with Crippen molar-refractivity contribution < 1.29 is 9.18 Å². The number of carbonyl (C=O) groups excluding carboxylic acids is 1. The zero-order valence-corrected chi connectivity index (χ0v) is 13.3. The molecule has 0 fully saturated rings. The van der Waals surface area contributed by atoms with Crippen molar-refractivity contribution in [1.82, 2.24) is 0 Å². The maximum absolute atomic E-state index is 14.3. The summed E-state index contributed by atoms with van der Waals surface area (Å²) >= 11 is 0. The molecule has 3 rings (SSSR count). The predicted octanol–water partition coefficient (Wildman–Crippen LogP) is 3.11. The van der Waals surface area contributed by atoms with Gasteiger partial charge in [-0.3, -0.25) is 9.79 Å². The molecule has 1 aliphatic heterocycles. The Bertz CT molecular complexity index is 773. The molecule has 2 aromatic rings. The molecule has 1 atom stereocenters. The summed E-state index contributed by atoms with van der Waals surface area (Å²) < 4.78 is 14.3. The van der Waals surface area contributed by atoms with E-state index in [0.29, 0.717) is 29.9 Å². The van der Waals surface area contributed by atoms with Crippen molar-refractivity contribution >= 4 is 17.3 Å². The van der Waals surface area contributed by atoms with Crippen LogP contribution in [0.3, 0.4) is 0 Å². The molecule has 1 aliphatic rings. The van der Waals surface area contributed by atoms with Crippen LogP contribution in [-0.4, -0.2) is 24.2 Å². The molecule has 1 heterocycles. The van der Waals surface area contributed by atoms with Crippen LogP contribution in [0.4, 0.5) is 10.1 Å². The second-order valence-corrected chi connectivity index (χ2v) is 5.79. The molecule has 2 aromatic carbocycles. The maximum atomic E-state index is 14.3. The lowest BCUT2D eigenvalue weighted by Gasteiger charge is -2.11. The molecule has 3 N–H and O–H groups in total. The van der Waals surface area contributed by atoms with E-state index in [2.05, 4.69) is 10.3 Å². The number of aliphatic imine (C=N–C) groups is 1. The van der Waals surface area contributed by atoms with E-state index in [1.807, 2.05) is 24.3 Å². The number of hydrogen-bond donors (Lipinski definition) is 2. The minimum atomic E-state index is -0.543. The molecule has 0 spiro atoms. The van der Waals surface area contributed by atoms with Crippen molar-refractivity contribution in [2.45, 2.75) is 25.3 Å². The number of nitrogens with one attached hydrogen (secondary N) is 1. The number of nitrogens with two attached hydrogens (primary N) is 1. The number of unbranched alkanes of at least 4 members (excludes halogenated alkanes) is 1. The molecule has 124 valence electrons. The van der Waals surface area contributed by atoms with Crippen LogP contribution in [0.2, 0.25) is 0 Å². The second-order valence-electron chi connectivity index (χ2n) is 5.79. The lowest BCUT2D eigenvalue weighted by atomic mass is 10.00. The van der Waals surface area contributed by atoms with Gasteiger partial charge in [-0.25, -0.2) is 4.39 Å². The van der Waals surface area contributed by atoms with Gasteiger partial charge in [-0.05, 0) is 44.0 Å². The van der Waals surface area contributed by atoms with Gasteiger partial charge in [0, 0.05) is 11.1 Å². The van der Waals surface area contributed by atoms with Gasteiger partial charge in [0.2, 0.25) is 5.91 Å². The molecule has 0 bridgehead atoms.